The predicted octanol–water partition coefficient (Wildman–Crippen LogP) is -0.831. The van der Waals surface area contributed by atoms with Crippen LogP contribution in [0.15, 0.2) is 11.6 Å². The number of allylic oxidation sites excluding steroid dienone is 1. The molecule has 0 amide bonds. The summed E-state index contributed by atoms with van der Waals surface area (Å²) in [6, 6.07) is 0. The van der Waals surface area contributed by atoms with Crippen LogP contribution < -0.4 is 0 Å². The summed E-state index contributed by atoms with van der Waals surface area (Å²) >= 11 is 0. The fourth-order valence-corrected chi connectivity index (χ4v) is 1.24. The van der Waals surface area contributed by atoms with E-state index in [1.54, 1.807) is 6.08 Å². The van der Waals surface area contributed by atoms with Gasteiger partial charge >= 0.3 is 5.97 Å². The molecule has 0 aromatic heterocycles. The molecule has 0 radical (unpaired) electrons. The average molecular weight is 248 g/mol. The molecule has 0 unspecified atom stereocenters. The maximum absolute atomic E-state index is 11.1. The van der Waals surface area contributed by atoms with Gasteiger partial charge in [0.2, 0.25) is 0 Å². The molecule has 100 valence electrons. The number of carbonyl (C=O) groups is 1. The summed E-state index contributed by atoms with van der Waals surface area (Å²) in [5, 5.41) is 35.6. The largest absolute Gasteiger partial charge is 0.435 e. The molecular formula is C11H20O6. The standard InChI is InChI=1S/C11H20O6/c1-9(10(16)17-8-15)3-2-4-11(5-12,6-13)7-14/h3,12-15H,2,4-8H2,1H3. The summed E-state index contributed by atoms with van der Waals surface area (Å²) in [6.45, 7) is -0.107. The minimum atomic E-state index is -0.933. The Morgan fingerprint density at radius 1 is 1.18 bits per heavy atom. The van der Waals surface area contributed by atoms with E-state index in [9.17, 15) is 4.79 Å². The molecule has 0 aromatic carbocycles. The van der Waals surface area contributed by atoms with Gasteiger partial charge in [-0.1, -0.05) is 6.08 Å². The second-order valence-corrected chi connectivity index (χ2v) is 3.96. The Labute approximate surface area is 100 Å². The lowest BCUT2D eigenvalue weighted by Crippen LogP contribution is -2.33. The zero-order chi connectivity index (χ0) is 13.3. The summed E-state index contributed by atoms with van der Waals surface area (Å²) in [5.41, 5.74) is -0.598. The van der Waals surface area contributed by atoms with E-state index in [-0.39, 0.29) is 19.8 Å². The van der Waals surface area contributed by atoms with Gasteiger partial charge in [-0.15, -0.1) is 0 Å². The second-order valence-electron chi connectivity index (χ2n) is 3.96. The van der Waals surface area contributed by atoms with Crippen LogP contribution >= 0.6 is 0 Å². The van der Waals surface area contributed by atoms with Crippen LogP contribution in [0.25, 0.3) is 0 Å². The molecule has 0 aliphatic rings. The normalized spacial score (nSPS) is 12.6. The van der Waals surface area contributed by atoms with Gasteiger partial charge < -0.3 is 25.2 Å². The maximum Gasteiger partial charge on any atom is 0.335 e. The molecule has 0 saturated heterocycles. The zero-order valence-electron chi connectivity index (χ0n) is 9.93. The Balaban J connectivity index is 4.28. The van der Waals surface area contributed by atoms with Crippen molar-refractivity contribution in [1.29, 1.82) is 0 Å². The van der Waals surface area contributed by atoms with Crippen molar-refractivity contribution in [2.45, 2.75) is 19.8 Å². The first-order chi connectivity index (χ1) is 8.05. The summed E-state index contributed by atoms with van der Waals surface area (Å²) in [5.74, 6) is -0.616. The van der Waals surface area contributed by atoms with Gasteiger partial charge in [0.1, 0.15) is 0 Å². The van der Waals surface area contributed by atoms with Crippen molar-refractivity contribution in [2.75, 3.05) is 26.6 Å². The number of aliphatic hydroxyl groups is 4. The van der Waals surface area contributed by atoms with Gasteiger partial charge in [0.15, 0.2) is 6.79 Å². The molecule has 0 aliphatic heterocycles. The van der Waals surface area contributed by atoms with Gasteiger partial charge in [0.25, 0.3) is 0 Å². The lowest BCUT2D eigenvalue weighted by molar-refractivity contribution is -0.146. The van der Waals surface area contributed by atoms with Crippen LogP contribution in [0.2, 0.25) is 0 Å². The molecule has 0 fully saturated rings. The van der Waals surface area contributed by atoms with Crippen LogP contribution in [0.4, 0.5) is 0 Å². The summed E-state index contributed by atoms with van der Waals surface area (Å²) < 4.78 is 4.37. The quantitative estimate of drug-likeness (QED) is 0.254. The molecule has 0 spiro atoms. The van der Waals surface area contributed by atoms with Crippen LogP contribution in [0, 0.1) is 5.41 Å². The maximum atomic E-state index is 11.1. The van der Waals surface area contributed by atoms with Crippen molar-refractivity contribution in [1.82, 2.24) is 0 Å². The van der Waals surface area contributed by atoms with Crippen LogP contribution in [-0.2, 0) is 9.53 Å². The van der Waals surface area contributed by atoms with Crippen molar-refractivity contribution >= 4 is 5.97 Å². The van der Waals surface area contributed by atoms with E-state index in [0.29, 0.717) is 18.4 Å². The Bertz CT molecular complexity index is 248. The molecule has 6 heteroatoms. The SMILES string of the molecule is CC(=CCCC(CO)(CO)CO)C(=O)OCO. The highest BCUT2D eigenvalue weighted by Crippen LogP contribution is 2.22. The van der Waals surface area contributed by atoms with Crippen LogP contribution in [-0.4, -0.2) is 53.0 Å². The molecule has 0 atom stereocenters. The van der Waals surface area contributed by atoms with Gasteiger partial charge in [-0.05, 0) is 19.8 Å². The predicted molar refractivity (Wildman–Crippen MR) is 59.9 cm³/mol. The molecule has 0 heterocycles. The van der Waals surface area contributed by atoms with Gasteiger partial charge in [-0.3, -0.25) is 0 Å². The van der Waals surface area contributed by atoms with Gasteiger partial charge in [-0.2, -0.15) is 0 Å². The van der Waals surface area contributed by atoms with E-state index in [1.165, 1.54) is 6.92 Å². The summed E-state index contributed by atoms with van der Waals surface area (Å²) in [4.78, 5) is 11.1. The molecule has 6 nitrogen and oxygen atoms in total. The minimum absolute atomic E-state index is 0.325. The van der Waals surface area contributed by atoms with E-state index in [4.69, 9.17) is 20.4 Å². The summed E-state index contributed by atoms with van der Waals surface area (Å²) in [7, 11) is 0. The fourth-order valence-electron chi connectivity index (χ4n) is 1.24. The summed E-state index contributed by atoms with van der Waals surface area (Å²) in [6.07, 6.45) is 2.34. The first-order valence-corrected chi connectivity index (χ1v) is 5.32. The van der Waals surface area contributed by atoms with Crippen molar-refractivity contribution in [2.24, 2.45) is 5.41 Å². The lowest BCUT2D eigenvalue weighted by Gasteiger charge is -2.26. The van der Waals surface area contributed by atoms with Gasteiger partial charge in [0.05, 0.1) is 19.8 Å². The molecular weight excluding hydrogens is 228 g/mol. The van der Waals surface area contributed by atoms with E-state index >= 15 is 0 Å². The molecule has 0 rings (SSSR count). The Hall–Kier alpha value is -0.950. The molecule has 0 aromatic rings. The monoisotopic (exact) mass is 248 g/mol. The highest BCUT2D eigenvalue weighted by Gasteiger charge is 2.27. The van der Waals surface area contributed by atoms with Gasteiger partial charge in [0, 0.05) is 11.0 Å². The zero-order valence-corrected chi connectivity index (χ0v) is 9.93. The average Bonchev–Trinajstić information content (AvgIpc) is 2.35. The third kappa shape index (κ3) is 5.27. The number of esters is 1. The number of aliphatic hydroxyl groups excluding tert-OH is 4. The second kappa shape index (κ2) is 8.19. The lowest BCUT2D eigenvalue weighted by atomic mass is 9.85. The Morgan fingerprint density at radius 2 is 1.71 bits per heavy atom. The molecule has 0 aliphatic carbocycles. The number of carbonyl (C=O) groups excluding carboxylic acids is 1. The highest BCUT2D eigenvalue weighted by atomic mass is 16.6. The van der Waals surface area contributed by atoms with Crippen molar-refractivity contribution in [3.63, 3.8) is 0 Å². The number of hydrogen-bond donors (Lipinski definition) is 4. The Kier molecular flexibility index (Phi) is 7.73. The van der Waals surface area contributed by atoms with E-state index in [2.05, 4.69) is 4.74 Å². The number of rotatable bonds is 8. The van der Waals surface area contributed by atoms with E-state index in [0.717, 1.165) is 0 Å². The van der Waals surface area contributed by atoms with Crippen molar-refractivity contribution in [3.05, 3.63) is 11.6 Å². The first-order valence-electron chi connectivity index (χ1n) is 5.32. The molecule has 0 saturated carbocycles. The fraction of sp³-hybridized carbons (Fsp3) is 0.727. The van der Waals surface area contributed by atoms with Crippen LogP contribution in [0.3, 0.4) is 0 Å². The van der Waals surface area contributed by atoms with E-state index in [1.807, 2.05) is 0 Å². The number of hydrogen-bond acceptors (Lipinski definition) is 6. The molecule has 17 heavy (non-hydrogen) atoms. The van der Waals surface area contributed by atoms with Gasteiger partial charge in [-0.25, -0.2) is 4.79 Å². The molecule has 0 bridgehead atoms. The first kappa shape index (κ1) is 16.1. The van der Waals surface area contributed by atoms with Crippen LogP contribution in [0.5, 0.6) is 0 Å². The smallest absolute Gasteiger partial charge is 0.335 e. The van der Waals surface area contributed by atoms with Crippen molar-refractivity contribution < 1.29 is 30.0 Å². The third-order valence-electron chi connectivity index (χ3n) is 2.65. The molecule has 4 N–H and O–H groups in total. The topological polar surface area (TPSA) is 107 Å². The highest BCUT2D eigenvalue weighted by molar-refractivity contribution is 5.87. The van der Waals surface area contributed by atoms with Crippen LogP contribution in [0.1, 0.15) is 19.8 Å². The number of ether oxygens (including phenoxy) is 1. The van der Waals surface area contributed by atoms with Crippen molar-refractivity contribution in [3.8, 4) is 0 Å². The van der Waals surface area contributed by atoms with E-state index < -0.39 is 18.2 Å². The minimum Gasteiger partial charge on any atom is -0.435 e. The third-order valence-corrected chi connectivity index (χ3v) is 2.65. The Morgan fingerprint density at radius 3 is 2.12 bits per heavy atom.